The smallest absolute Gasteiger partial charge is 0.264 e. The Kier molecular flexibility index (Phi) is 6.95. The number of halogens is 2. The summed E-state index contributed by atoms with van der Waals surface area (Å²) < 4.78 is 13.5. The van der Waals surface area contributed by atoms with E-state index < -0.39 is 5.82 Å². The van der Waals surface area contributed by atoms with E-state index in [4.69, 9.17) is 11.6 Å². The number of rotatable bonds is 6. The first kappa shape index (κ1) is 23.7. The van der Waals surface area contributed by atoms with Crippen LogP contribution in [0.1, 0.15) is 28.1 Å². The molecule has 0 radical (unpaired) electrons. The van der Waals surface area contributed by atoms with Crippen LogP contribution in [-0.2, 0) is 6.54 Å². The van der Waals surface area contributed by atoms with Gasteiger partial charge in [0.15, 0.2) is 0 Å². The molecule has 5 rings (SSSR count). The van der Waals surface area contributed by atoms with Crippen LogP contribution in [0.5, 0.6) is 0 Å². The van der Waals surface area contributed by atoms with Gasteiger partial charge >= 0.3 is 0 Å². The predicted molar refractivity (Wildman–Crippen MR) is 139 cm³/mol. The van der Waals surface area contributed by atoms with E-state index >= 15 is 0 Å². The first-order valence-electron chi connectivity index (χ1n) is 11.5. The Bertz CT molecular complexity index is 1340. The summed E-state index contributed by atoms with van der Waals surface area (Å²) in [5, 5.41) is 3.93. The lowest BCUT2D eigenvalue weighted by Crippen LogP contribution is -2.45. The number of hydrogen-bond acceptors (Lipinski definition) is 6. The minimum atomic E-state index is -0.484. The molecule has 4 aromatic rings. The third-order valence-electron chi connectivity index (χ3n) is 6.40. The molecular weight excluding hydrogens is 485 g/mol. The fourth-order valence-electron chi connectivity index (χ4n) is 4.42. The molecule has 0 unspecified atom stereocenters. The maximum atomic E-state index is 13.5. The van der Waals surface area contributed by atoms with E-state index in [0.717, 1.165) is 37.9 Å². The molecule has 0 saturated carbocycles. The van der Waals surface area contributed by atoms with Crippen molar-refractivity contribution in [1.82, 2.24) is 19.8 Å². The number of likely N-dealkylation sites (tertiary alicyclic amines) is 1. The minimum absolute atomic E-state index is 0.00899. The van der Waals surface area contributed by atoms with E-state index in [0.29, 0.717) is 21.2 Å². The standard InChI is InChI=1S/C26H25ClFN5OS/c1-32(19-9-11-33(12-10-19)15-17-5-3-2-4-6-17)26(34)23-14-20-24(29-16-30-25(20)35-23)31-18-7-8-22(28)21(27)13-18/h2-8,13-14,16,19H,9-12,15H2,1H3,(H,29,30,31). The normalized spacial score (nSPS) is 14.8. The molecule has 0 atom stereocenters. The zero-order chi connectivity index (χ0) is 24.4. The van der Waals surface area contributed by atoms with Gasteiger partial charge in [0.2, 0.25) is 0 Å². The highest BCUT2D eigenvalue weighted by Crippen LogP contribution is 2.32. The molecule has 3 heterocycles. The van der Waals surface area contributed by atoms with Crippen LogP contribution in [0.15, 0.2) is 60.9 Å². The average molecular weight is 510 g/mol. The van der Waals surface area contributed by atoms with Crippen molar-refractivity contribution in [3.63, 3.8) is 0 Å². The van der Waals surface area contributed by atoms with Crippen LogP contribution in [0.25, 0.3) is 10.2 Å². The van der Waals surface area contributed by atoms with Crippen molar-refractivity contribution < 1.29 is 9.18 Å². The van der Waals surface area contributed by atoms with Gasteiger partial charge < -0.3 is 10.2 Å². The second-order valence-electron chi connectivity index (χ2n) is 8.71. The molecule has 1 N–H and O–H groups in total. The lowest BCUT2D eigenvalue weighted by molar-refractivity contribution is 0.0641. The van der Waals surface area contributed by atoms with Crippen molar-refractivity contribution in [3.8, 4) is 0 Å². The van der Waals surface area contributed by atoms with Crippen molar-refractivity contribution in [2.24, 2.45) is 0 Å². The van der Waals surface area contributed by atoms with Crippen LogP contribution in [-0.4, -0.2) is 51.9 Å². The molecule has 35 heavy (non-hydrogen) atoms. The molecule has 1 amide bonds. The monoisotopic (exact) mass is 509 g/mol. The van der Waals surface area contributed by atoms with E-state index in [9.17, 15) is 9.18 Å². The lowest BCUT2D eigenvalue weighted by atomic mass is 10.0. The van der Waals surface area contributed by atoms with E-state index in [-0.39, 0.29) is 17.0 Å². The molecule has 0 spiro atoms. The highest BCUT2D eigenvalue weighted by molar-refractivity contribution is 7.20. The van der Waals surface area contributed by atoms with Gasteiger partial charge in [-0.05, 0) is 42.7 Å². The first-order valence-corrected chi connectivity index (χ1v) is 12.7. The molecule has 0 aliphatic carbocycles. The second-order valence-corrected chi connectivity index (χ2v) is 10.2. The molecule has 1 saturated heterocycles. The van der Waals surface area contributed by atoms with Crippen LogP contribution in [0.4, 0.5) is 15.9 Å². The van der Waals surface area contributed by atoms with E-state index in [1.807, 2.05) is 24.1 Å². The minimum Gasteiger partial charge on any atom is -0.340 e. The van der Waals surface area contributed by atoms with Crippen molar-refractivity contribution in [2.45, 2.75) is 25.4 Å². The molecule has 1 aliphatic rings. The van der Waals surface area contributed by atoms with Crippen LogP contribution in [0, 0.1) is 5.82 Å². The molecule has 1 aliphatic heterocycles. The largest absolute Gasteiger partial charge is 0.340 e. The fourth-order valence-corrected chi connectivity index (χ4v) is 5.58. The zero-order valence-corrected chi connectivity index (χ0v) is 20.8. The Morgan fingerprint density at radius 1 is 1.17 bits per heavy atom. The third-order valence-corrected chi connectivity index (χ3v) is 7.72. The average Bonchev–Trinajstić information content (AvgIpc) is 3.32. The summed E-state index contributed by atoms with van der Waals surface area (Å²) in [6, 6.07) is 16.9. The SMILES string of the molecule is CN(C(=O)c1cc2c(Nc3ccc(F)c(Cl)c3)ncnc2s1)C1CCN(Cc2ccccc2)CC1. The van der Waals surface area contributed by atoms with Crippen LogP contribution < -0.4 is 5.32 Å². The number of aromatic nitrogens is 2. The number of hydrogen-bond donors (Lipinski definition) is 1. The first-order chi connectivity index (χ1) is 17.0. The quantitative estimate of drug-likeness (QED) is 0.347. The van der Waals surface area contributed by atoms with E-state index in [1.54, 1.807) is 6.07 Å². The topological polar surface area (TPSA) is 61.4 Å². The fraction of sp³-hybridized carbons (Fsp3) is 0.269. The summed E-state index contributed by atoms with van der Waals surface area (Å²) in [7, 11) is 1.88. The third kappa shape index (κ3) is 5.29. The molecule has 1 fully saturated rings. The Morgan fingerprint density at radius 2 is 1.94 bits per heavy atom. The maximum Gasteiger partial charge on any atom is 0.264 e. The molecule has 9 heteroatoms. The van der Waals surface area contributed by atoms with Crippen molar-refractivity contribution >= 4 is 50.6 Å². The van der Waals surface area contributed by atoms with Crippen molar-refractivity contribution in [1.29, 1.82) is 0 Å². The molecule has 6 nitrogen and oxygen atoms in total. The number of thiophene rings is 1. The maximum absolute atomic E-state index is 13.5. The Balaban J connectivity index is 1.26. The van der Waals surface area contributed by atoms with Gasteiger partial charge in [-0.15, -0.1) is 11.3 Å². The number of nitrogens with one attached hydrogen (secondary N) is 1. The van der Waals surface area contributed by atoms with Gasteiger partial charge in [-0.2, -0.15) is 0 Å². The summed E-state index contributed by atoms with van der Waals surface area (Å²) >= 11 is 7.25. The lowest BCUT2D eigenvalue weighted by Gasteiger charge is -2.36. The van der Waals surface area contributed by atoms with Gasteiger partial charge in [-0.3, -0.25) is 9.69 Å². The highest BCUT2D eigenvalue weighted by atomic mass is 35.5. The number of fused-ring (bicyclic) bond motifs is 1. The second kappa shape index (κ2) is 10.3. The zero-order valence-electron chi connectivity index (χ0n) is 19.2. The van der Waals surface area contributed by atoms with Crippen LogP contribution in [0.3, 0.4) is 0 Å². The van der Waals surface area contributed by atoms with E-state index in [1.165, 1.54) is 35.4 Å². The number of anilines is 2. The van der Waals surface area contributed by atoms with E-state index in [2.05, 4.69) is 44.5 Å². The highest BCUT2D eigenvalue weighted by Gasteiger charge is 2.27. The number of piperidine rings is 1. The van der Waals surface area contributed by atoms with Gasteiger partial charge in [0.25, 0.3) is 5.91 Å². The van der Waals surface area contributed by atoms with Gasteiger partial charge in [-0.1, -0.05) is 41.9 Å². The summed E-state index contributed by atoms with van der Waals surface area (Å²) in [5.74, 6) is 0.0533. The van der Waals surface area contributed by atoms with Crippen molar-refractivity contribution in [2.75, 3.05) is 25.5 Å². The van der Waals surface area contributed by atoms with Gasteiger partial charge in [0, 0.05) is 38.4 Å². The van der Waals surface area contributed by atoms with Crippen LogP contribution >= 0.6 is 22.9 Å². The van der Waals surface area contributed by atoms with Crippen LogP contribution in [0.2, 0.25) is 5.02 Å². The molecule has 2 aromatic carbocycles. The number of amides is 1. The Morgan fingerprint density at radius 3 is 2.69 bits per heavy atom. The molecule has 180 valence electrons. The summed E-state index contributed by atoms with van der Waals surface area (Å²) in [4.78, 5) is 27.6. The molecule has 2 aromatic heterocycles. The van der Waals surface area contributed by atoms with Crippen molar-refractivity contribution in [3.05, 3.63) is 82.2 Å². The number of carbonyl (C=O) groups excluding carboxylic acids is 1. The molecular formula is C26H25ClFN5OS. The molecule has 0 bridgehead atoms. The van der Waals surface area contributed by atoms with Gasteiger partial charge in [-0.25, -0.2) is 14.4 Å². The summed E-state index contributed by atoms with van der Waals surface area (Å²) in [5.41, 5.74) is 1.92. The number of carbonyl (C=O) groups is 1. The Hall–Kier alpha value is -3.07. The Labute approximate surface area is 212 Å². The van der Waals surface area contributed by atoms with Gasteiger partial charge in [0.1, 0.15) is 22.8 Å². The summed E-state index contributed by atoms with van der Waals surface area (Å²) in [6.07, 6.45) is 3.34. The summed E-state index contributed by atoms with van der Waals surface area (Å²) in [6.45, 7) is 2.86. The number of benzene rings is 2. The number of nitrogens with zero attached hydrogens (tertiary/aromatic N) is 4. The predicted octanol–water partition coefficient (Wildman–Crippen LogP) is 5.96. The van der Waals surface area contributed by atoms with Gasteiger partial charge in [0.05, 0.1) is 15.3 Å².